The highest BCUT2D eigenvalue weighted by Crippen LogP contribution is 2.26. The van der Waals surface area contributed by atoms with Crippen LogP contribution in [0, 0.1) is 6.92 Å². The average Bonchev–Trinajstić information content (AvgIpc) is 2.83. The Kier molecular flexibility index (Phi) is 5.46. The van der Waals surface area contributed by atoms with Gasteiger partial charge in [0.05, 0.1) is 18.7 Å². The van der Waals surface area contributed by atoms with Crippen LogP contribution in [0.25, 0.3) is 22.0 Å². The summed E-state index contributed by atoms with van der Waals surface area (Å²) in [4.78, 5) is 15.6. The Morgan fingerprint density at radius 1 is 0.903 bits per heavy atom. The normalized spacial score (nSPS) is 14.0. The third-order valence-electron chi connectivity index (χ3n) is 5.64. The Balaban J connectivity index is 1.31. The first-order valence-electron chi connectivity index (χ1n) is 10.6. The van der Waals surface area contributed by atoms with Crippen molar-refractivity contribution in [3.63, 3.8) is 0 Å². The fraction of sp³-hybridized carbons (Fsp3) is 0.240. The number of ether oxygens (including phenoxy) is 1. The Bertz CT molecular complexity index is 1190. The van der Waals surface area contributed by atoms with Crippen LogP contribution < -0.4 is 10.2 Å². The Morgan fingerprint density at radius 2 is 1.74 bits per heavy atom. The van der Waals surface area contributed by atoms with Gasteiger partial charge in [-0.1, -0.05) is 24.3 Å². The second-order valence-electron chi connectivity index (χ2n) is 7.76. The molecule has 0 radical (unpaired) electrons. The zero-order chi connectivity index (χ0) is 21.0. The molecule has 1 aliphatic heterocycles. The molecule has 2 aromatic carbocycles. The van der Waals surface area contributed by atoms with E-state index in [9.17, 15) is 0 Å². The van der Waals surface area contributed by atoms with E-state index in [2.05, 4.69) is 73.7 Å². The Hall–Kier alpha value is -3.51. The van der Waals surface area contributed by atoms with Gasteiger partial charge in [-0.25, -0.2) is 9.97 Å². The van der Waals surface area contributed by atoms with E-state index in [1.807, 2.05) is 19.2 Å². The number of pyridine rings is 1. The van der Waals surface area contributed by atoms with Crippen molar-refractivity contribution in [1.82, 2.24) is 15.0 Å². The van der Waals surface area contributed by atoms with Crippen molar-refractivity contribution in [1.29, 1.82) is 0 Å². The molecular formula is C25H25N5O. The van der Waals surface area contributed by atoms with E-state index in [0.29, 0.717) is 6.54 Å². The molecule has 1 saturated heterocycles. The third-order valence-corrected chi connectivity index (χ3v) is 5.64. The van der Waals surface area contributed by atoms with Gasteiger partial charge in [0.25, 0.3) is 0 Å². The fourth-order valence-electron chi connectivity index (χ4n) is 3.93. The van der Waals surface area contributed by atoms with Gasteiger partial charge in [-0.05, 0) is 53.9 Å². The third kappa shape index (κ3) is 4.34. The summed E-state index contributed by atoms with van der Waals surface area (Å²) in [5, 5.41) is 4.51. The van der Waals surface area contributed by atoms with Gasteiger partial charge < -0.3 is 15.0 Å². The molecule has 0 saturated carbocycles. The van der Waals surface area contributed by atoms with Gasteiger partial charge in [-0.2, -0.15) is 0 Å². The maximum absolute atomic E-state index is 5.46. The van der Waals surface area contributed by atoms with Crippen LogP contribution in [-0.4, -0.2) is 41.3 Å². The molecule has 1 aliphatic rings. The molecule has 4 aromatic rings. The molecule has 6 nitrogen and oxygen atoms in total. The number of anilines is 2. The van der Waals surface area contributed by atoms with Crippen LogP contribution in [0.5, 0.6) is 0 Å². The van der Waals surface area contributed by atoms with Crippen molar-refractivity contribution in [2.45, 2.75) is 13.5 Å². The highest BCUT2D eigenvalue weighted by atomic mass is 16.5. The predicted octanol–water partition coefficient (Wildman–Crippen LogP) is 4.45. The minimum atomic E-state index is 0.701. The van der Waals surface area contributed by atoms with E-state index in [1.54, 1.807) is 6.33 Å². The van der Waals surface area contributed by atoms with Gasteiger partial charge in [0, 0.05) is 42.6 Å². The highest BCUT2D eigenvalue weighted by molar-refractivity contribution is 5.91. The summed E-state index contributed by atoms with van der Waals surface area (Å²) in [6.45, 7) is 6.08. The minimum Gasteiger partial charge on any atom is -0.378 e. The molecule has 0 spiro atoms. The second kappa shape index (κ2) is 8.70. The predicted molar refractivity (Wildman–Crippen MR) is 124 cm³/mol. The molecule has 1 fully saturated rings. The number of hydrogen-bond donors (Lipinski definition) is 1. The quantitative estimate of drug-likeness (QED) is 0.524. The number of benzene rings is 2. The molecule has 0 unspecified atom stereocenters. The summed E-state index contributed by atoms with van der Waals surface area (Å²) in [6, 6.07) is 19.1. The minimum absolute atomic E-state index is 0.701. The van der Waals surface area contributed by atoms with E-state index in [1.165, 1.54) is 22.4 Å². The van der Waals surface area contributed by atoms with Crippen molar-refractivity contribution >= 4 is 22.4 Å². The van der Waals surface area contributed by atoms with E-state index < -0.39 is 0 Å². The number of aromatic nitrogens is 3. The highest BCUT2D eigenvalue weighted by Gasteiger charge is 2.13. The molecule has 1 N–H and O–H groups in total. The van der Waals surface area contributed by atoms with E-state index in [-0.39, 0.29) is 0 Å². The van der Waals surface area contributed by atoms with Gasteiger partial charge >= 0.3 is 0 Å². The number of rotatable bonds is 5. The number of aryl methyl sites for hydroxylation is 1. The van der Waals surface area contributed by atoms with Crippen LogP contribution in [0.4, 0.5) is 11.5 Å². The van der Waals surface area contributed by atoms with E-state index in [0.717, 1.165) is 48.7 Å². The zero-order valence-electron chi connectivity index (χ0n) is 17.6. The molecule has 31 heavy (non-hydrogen) atoms. The van der Waals surface area contributed by atoms with E-state index >= 15 is 0 Å². The van der Waals surface area contributed by atoms with Crippen LogP contribution in [0.1, 0.15) is 11.3 Å². The first-order valence-corrected chi connectivity index (χ1v) is 10.6. The summed E-state index contributed by atoms with van der Waals surface area (Å²) in [7, 11) is 0. The Labute approximate surface area is 181 Å². The summed E-state index contributed by atoms with van der Waals surface area (Å²) in [5.41, 5.74) is 6.73. The van der Waals surface area contributed by atoms with Gasteiger partial charge in [0.2, 0.25) is 0 Å². The summed E-state index contributed by atoms with van der Waals surface area (Å²) in [5.74, 6) is 0.854. The van der Waals surface area contributed by atoms with Crippen molar-refractivity contribution < 1.29 is 4.74 Å². The molecule has 0 bridgehead atoms. The maximum atomic E-state index is 5.46. The fourth-order valence-corrected chi connectivity index (χ4v) is 3.93. The molecule has 0 aliphatic carbocycles. The smallest absolute Gasteiger partial charge is 0.137 e. The zero-order valence-corrected chi connectivity index (χ0v) is 17.6. The number of nitrogens with zero attached hydrogens (tertiary/aromatic N) is 4. The standard InChI is InChI=1S/C25H25N5O/c1-18-14-21(8-9-26-18)20-4-2-19(3-5-20)16-27-25-23-7-6-22(15-24(23)28-17-29-25)30-10-12-31-13-11-30/h2-9,14-15,17H,10-13,16H2,1H3,(H,27,28,29). The van der Waals surface area contributed by atoms with Crippen LogP contribution in [0.3, 0.4) is 0 Å². The van der Waals surface area contributed by atoms with Gasteiger partial charge in [-0.15, -0.1) is 0 Å². The SMILES string of the molecule is Cc1cc(-c2ccc(CNc3ncnc4cc(N5CCOCC5)ccc34)cc2)ccn1. The lowest BCUT2D eigenvalue weighted by Crippen LogP contribution is -2.36. The van der Waals surface area contributed by atoms with Gasteiger partial charge in [-0.3, -0.25) is 4.98 Å². The summed E-state index contributed by atoms with van der Waals surface area (Å²) < 4.78 is 5.46. The lowest BCUT2D eigenvalue weighted by molar-refractivity contribution is 0.122. The van der Waals surface area contributed by atoms with Gasteiger partial charge in [0.1, 0.15) is 12.1 Å². The molecule has 3 heterocycles. The van der Waals surface area contributed by atoms with Crippen molar-refractivity contribution in [3.05, 3.63) is 78.4 Å². The topological polar surface area (TPSA) is 63.2 Å². The van der Waals surface area contributed by atoms with Crippen LogP contribution in [0.2, 0.25) is 0 Å². The maximum Gasteiger partial charge on any atom is 0.137 e. The second-order valence-corrected chi connectivity index (χ2v) is 7.76. The molecule has 0 amide bonds. The molecule has 0 atom stereocenters. The van der Waals surface area contributed by atoms with Gasteiger partial charge in [0.15, 0.2) is 0 Å². The summed E-state index contributed by atoms with van der Waals surface area (Å²) >= 11 is 0. The Morgan fingerprint density at radius 3 is 2.55 bits per heavy atom. The van der Waals surface area contributed by atoms with Crippen LogP contribution in [0.15, 0.2) is 67.1 Å². The monoisotopic (exact) mass is 411 g/mol. The molecule has 2 aromatic heterocycles. The van der Waals surface area contributed by atoms with Crippen molar-refractivity contribution in [2.75, 3.05) is 36.5 Å². The summed E-state index contributed by atoms with van der Waals surface area (Å²) in [6.07, 6.45) is 3.48. The average molecular weight is 412 g/mol. The number of morpholine rings is 1. The molecule has 156 valence electrons. The number of fused-ring (bicyclic) bond motifs is 1. The van der Waals surface area contributed by atoms with Crippen molar-refractivity contribution in [2.24, 2.45) is 0 Å². The van der Waals surface area contributed by atoms with E-state index in [4.69, 9.17) is 4.74 Å². The first-order chi connectivity index (χ1) is 15.3. The lowest BCUT2D eigenvalue weighted by atomic mass is 10.0. The number of hydrogen-bond acceptors (Lipinski definition) is 6. The first kappa shape index (κ1) is 19.5. The molecule has 5 rings (SSSR count). The van der Waals surface area contributed by atoms with Crippen LogP contribution >= 0.6 is 0 Å². The largest absolute Gasteiger partial charge is 0.378 e. The number of nitrogens with one attached hydrogen (secondary N) is 1. The molecule has 6 heteroatoms. The van der Waals surface area contributed by atoms with Crippen molar-refractivity contribution in [3.8, 4) is 11.1 Å². The lowest BCUT2D eigenvalue weighted by Gasteiger charge is -2.29. The van der Waals surface area contributed by atoms with Crippen LogP contribution in [-0.2, 0) is 11.3 Å². The molecular weight excluding hydrogens is 386 g/mol.